The van der Waals surface area contributed by atoms with E-state index in [0.29, 0.717) is 30.7 Å². The summed E-state index contributed by atoms with van der Waals surface area (Å²) in [5.74, 6) is 0.471. The van der Waals surface area contributed by atoms with E-state index in [0.717, 1.165) is 40.9 Å². The zero-order chi connectivity index (χ0) is 31.6. The molecule has 10 heteroatoms. The Hall–Kier alpha value is -3.05. The van der Waals surface area contributed by atoms with E-state index >= 15 is 0 Å². The van der Waals surface area contributed by atoms with Crippen LogP contribution in [0.1, 0.15) is 54.5 Å². The first-order valence-electron chi connectivity index (χ1n) is 15.3. The highest BCUT2D eigenvalue weighted by Gasteiger charge is 2.15. The highest BCUT2D eigenvalue weighted by molar-refractivity contribution is 8.17. The molecule has 2 aromatic rings. The van der Waals surface area contributed by atoms with Crippen LogP contribution in [0.4, 0.5) is 0 Å². The minimum absolute atomic E-state index is 0.0256. The number of H-pyrrole nitrogens is 1. The number of nitrogens with one attached hydrogen (secondary N) is 3. The Balaban J connectivity index is 0.000000257. The molecule has 0 bridgehead atoms. The van der Waals surface area contributed by atoms with E-state index in [2.05, 4.69) is 64.6 Å². The Morgan fingerprint density at radius 1 is 1.23 bits per heavy atom. The fourth-order valence-electron chi connectivity index (χ4n) is 4.94. The minimum Gasteiger partial charge on any atom is -0.398 e. The highest BCUT2D eigenvalue weighted by atomic mass is 32.2. The average molecular weight is 637 g/mol. The van der Waals surface area contributed by atoms with Crippen LogP contribution in [-0.2, 0) is 22.6 Å². The van der Waals surface area contributed by atoms with Crippen molar-refractivity contribution in [3.05, 3.63) is 99.8 Å². The molecule has 4 rings (SSSR count). The number of allylic oxidation sites excluding steroid dienone is 4. The summed E-state index contributed by atoms with van der Waals surface area (Å²) in [5, 5.41) is 9.03. The first kappa shape index (κ1) is 35.4. The van der Waals surface area contributed by atoms with Crippen molar-refractivity contribution in [3.8, 4) is 0 Å². The quantitative estimate of drug-likeness (QED) is 0.129. The smallest absolute Gasteiger partial charge is 0.224 e. The largest absolute Gasteiger partial charge is 0.398 e. The Kier molecular flexibility index (Phi) is 16.2. The number of nitrogens with zero attached hydrogens (tertiary/aromatic N) is 2. The number of thioether (sulfide) groups is 2. The van der Waals surface area contributed by atoms with Crippen LogP contribution in [0, 0.1) is 13.8 Å². The summed E-state index contributed by atoms with van der Waals surface area (Å²) < 4.78 is 0. The maximum absolute atomic E-state index is 12.1. The maximum Gasteiger partial charge on any atom is 0.224 e. The normalized spacial score (nSPS) is 17.4. The summed E-state index contributed by atoms with van der Waals surface area (Å²) in [7, 11) is 2.09. The summed E-state index contributed by atoms with van der Waals surface area (Å²) in [5.41, 5.74) is 13.8. The molecule has 1 amide bonds. The lowest BCUT2D eigenvalue weighted by molar-refractivity contribution is -0.120. The van der Waals surface area contributed by atoms with E-state index in [1.54, 1.807) is 36.0 Å². The molecule has 1 aliphatic heterocycles. The van der Waals surface area contributed by atoms with Crippen LogP contribution in [0.5, 0.6) is 0 Å². The highest BCUT2D eigenvalue weighted by Crippen LogP contribution is 2.20. The van der Waals surface area contributed by atoms with Gasteiger partial charge in [0.15, 0.2) is 0 Å². The second kappa shape index (κ2) is 20.1. The van der Waals surface area contributed by atoms with Crippen molar-refractivity contribution in [2.24, 2.45) is 5.73 Å². The molecule has 0 radical (unpaired) electrons. The SMILES string of the molecule is CNC1CCCN(Cc2ccc(C)c(C)c2)CC1.N/C(=C\SCSCC=O)C1=CCC(NC(=O)CCc2cnc[nH]2)=CC=C1. The number of aromatic amines is 1. The summed E-state index contributed by atoms with van der Waals surface area (Å²) in [6, 6.07) is 7.59. The molecule has 1 saturated heterocycles. The number of hydrogen-bond donors (Lipinski definition) is 4. The van der Waals surface area contributed by atoms with Crippen molar-refractivity contribution in [2.45, 2.75) is 65.0 Å². The van der Waals surface area contributed by atoms with Crippen LogP contribution < -0.4 is 16.4 Å². The maximum atomic E-state index is 12.1. The monoisotopic (exact) mass is 636 g/mol. The molecule has 1 aromatic carbocycles. The fourth-order valence-corrected chi connectivity index (χ4v) is 6.39. The van der Waals surface area contributed by atoms with Crippen LogP contribution in [-0.4, -0.2) is 64.1 Å². The third-order valence-electron chi connectivity index (χ3n) is 7.68. The molecule has 1 fully saturated rings. The zero-order valence-corrected chi connectivity index (χ0v) is 27.9. The molecule has 5 N–H and O–H groups in total. The second-order valence-electron chi connectivity index (χ2n) is 11.0. The number of aldehydes is 1. The third-order valence-corrected chi connectivity index (χ3v) is 9.68. The first-order valence-corrected chi connectivity index (χ1v) is 17.5. The molecular formula is C34H48N6O2S2. The number of carbonyl (C=O) groups excluding carboxylic acids is 2. The van der Waals surface area contributed by atoms with Gasteiger partial charge in [-0.25, -0.2) is 4.98 Å². The summed E-state index contributed by atoms with van der Waals surface area (Å²) >= 11 is 3.12. The fraction of sp³-hybridized carbons (Fsp3) is 0.441. The molecule has 1 unspecified atom stereocenters. The number of benzene rings is 1. The number of imidazole rings is 1. The van der Waals surface area contributed by atoms with E-state index < -0.39 is 0 Å². The van der Waals surface area contributed by atoms with E-state index in [9.17, 15) is 9.59 Å². The van der Waals surface area contributed by atoms with Gasteiger partial charge in [0.05, 0.1) is 6.33 Å². The van der Waals surface area contributed by atoms with Gasteiger partial charge < -0.3 is 26.1 Å². The molecule has 238 valence electrons. The van der Waals surface area contributed by atoms with Gasteiger partial charge in [-0.2, -0.15) is 0 Å². The van der Waals surface area contributed by atoms with Crippen LogP contribution in [0.15, 0.2) is 77.4 Å². The summed E-state index contributed by atoms with van der Waals surface area (Å²) in [6.45, 7) is 7.96. The number of carbonyl (C=O) groups is 2. The molecule has 1 aliphatic carbocycles. The van der Waals surface area contributed by atoms with Crippen LogP contribution in [0.2, 0.25) is 0 Å². The van der Waals surface area contributed by atoms with Gasteiger partial charge in [-0.15, -0.1) is 23.5 Å². The van der Waals surface area contributed by atoms with Gasteiger partial charge in [0.1, 0.15) is 6.29 Å². The standard InChI is InChI=1S/C18H22N4O2S2.C16H26N2/c19-17(11-26-13-25-9-8-23)14-2-1-3-15(5-4-14)22-18(24)7-6-16-10-20-12-21-16;1-13-6-7-15(11-14(13)2)12-18-9-4-5-16(17-3)8-10-18/h1-4,8,10-12H,5-7,9,13,19H2,(H,20,21)(H,22,24);6-7,11,16-17H,4-5,8-10,12H2,1-3H3/b17-11-;. The number of hydrogen-bond acceptors (Lipinski definition) is 8. The molecule has 0 spiro atoms. The summed E-state index contributed by atoms with van der Waals surface area (Å²) in [6.07, 6.45) is 17.5. The lowest BCUT2D eigenvalue weighted by Crippen LogP contribution is -2.28. The lowest BCUT2D eigenvalue weighted by atomic mass is 10.1. The van der Waals surface area contributed by atoms with Crippen molar-refractivity contribution in [2.75, 3.05) is 31.0 Å². The number of aryl methyl sites for hydroxylation is 3. The topological polar surface area (TPSA) is 116 Å². The minimum atomic E-state index is -0.0256. The molecule has 1 aromatic heterocycles. The van der Waals surface area contributed by atoms with Gasteiger partial charge >= 0.3 is 0 Å². The van der Waals surface area contributed by atoms with Crippen molar-refractivity contribution in [1.29, 1.82) is 0 Å². The van der Waals surface area contributed by atoms with Gasteiger partial charge in [0, 0.05) is 59.6 Å². The van der Waals surface area contributed by atoms with E-state index in [-0.39, 0.29) is 5.91 Å². The predicted octanol–water partition coefficient (Wildman–Crippen LogP) is 5.53. The van der Waals surface area contributed by atoms with Gasteiger partial charge in [0.2, 0.25) is 5.91 Å². The molecular weight excluding hydrogens is 589 g/mol. The molecule has 44 heavy (non-hydrogen) atoms. The number of likely N-dealkylation sites (tertiary alicyclic amines) is 1. The third kappa shape index (κ3) is 13.3. The first-order chi connectivity index (χ1) is 21.4. The molecule has 1 atom stereocenters. The van der Waals surface area contributed by atoms with E-state index in [4.69, 9.17) is 5.73 Å². The lowest BCUT2D eigenvalue weighted by Gasteiger charge is -2.20. The van der Waals surface area contributed by atoms with Crippen LogP contribution in [0.25, 0.3) is 0 Å². The molecule has 2 heterocycles. The van der Waals surface area contributed by atoms with Crippen molar-refractivity contribution in [3.63, 3.8) is 0 Å². The van der Waals surface area contributed by atoms with Gasteiger partial charge in [0.25, 0.3) is 0 Å². The average Bonchev–Trinajstić information content (AvgIpc) is 3.30. The molecule has 8 nitrogen and oxygen atoms in total. The van der Waals surface area contributed by atoms with Crippen molar-refractivity contribution < 1.29 is 9.59 Å². The van der Waals surface area contributed by atoms with E-state index in [1.807, 2.05) is 29.7 Å². The Labute approximate surface area is 271 Å². The van der Waals surface area contributed by atoms with Gasteiger partial charge in [-0.1, -0.05) is 36.4 Å². The van der Waals surface area contributed by atoms with Gasteiger partial charge in [-0.3, -0.25) is 9.69 Å². The van der Waals surface area contributed by atoms with Crippen molar-refractivity contribution in [1.82, 2.24) is 25.5 Å². The van der Waals surface area contributed by atoms with Crippen LogP contribution >= 0.6 is 23.5 Å². The number of rotatable bonds is 13. The van der Waals surface area contributed by atoms with E-state index in [1.165, 1.54) is 49.0 Å². The second-order valence-corrected chi connectivity index (χ2v) is 13.3. The number of amides is 1. The number of aromatic nitrogens is 2. The predicted molar refractivity (Wildman–Crippen MR) is 186 cm³/mol. The zero-order valence-electron chi connectivity index (χ0n) is 26.3. The van der Waals surface area contributed by atoms with Crippen LogP contribution in [0.3, 0.4) is 0 Å². The molecule has 2 aliphatic rings. The Morgan fingerprint density at radius 2 is 2.09 bits per heavy atom. The molecule has 0 saturated carbocycles. The Bertz CT molecular complexity index is 1300. The van der Waals surface area contributed by atoms with Gasteiger partial charge in [-0.05, 0) is 93.4 Å². The van der Waals surface area contributed by atoms with Crippen molar-refractivity contribution >= 4 is 35.7 Å². The Morgan fingerprint density at radius 3 is 2.84 bits per heavy atom. The number of nitrogens with two attached hydrogens (primary N) is 1. The summed E-state index contributed by atoms with van der Waals surface area (Å²) in [4.78, 5) is 31.9.